The zero-order valence-corrected chi connectivity index (χ0v) is 31.5. The van der Waals surface area contributed by atoms with Gasteiger partial charge in [0, 0.05) is 69.8 Å². The Kier molecular flexibility index (Phi) is 9.87. The lowest BCUT2D eigenvalue weighted by Crippen LogP contribution is -2.23. The van der Waals surface area contributed by atoms with Gasteiger partial charge in [0.2, 0.25) is 0 Å². The number of nitrogens with zero attached hydrogens (tertiary/aromatic N) is 2. The fourth-order valence-corrected chi connectivity index (χ4v) is 8.30. The second-order valence-electron chi connectivity index (χ2n) is 15.1. The summed E-state index contributed by atoms with van der Waals surface area (Å²) < 4.78 is 12.0. The number of aromatic hydroxyl groups is 6. The molecular weight excluding hydrogens is 660 g/mol. The Morgan fingerprint density at radius 1 is 0.615 bits per heavy atom. The van der Waals surface area contributed by atoms with Crippen LogP contribution in [0.2, 0.25) is 0 Å². The molecule has 2 aliphatic rings. The van der Waals surface area contributed by atoms with Crippen molar-refractivity contribution in [2.24, 2.45) is 9.98 Å². The monoisotopic (exact) mass is 712 g/mol. The van der Waals surface area contributed by atoms with Gasteiger partial charge in [0.25, 0.3) is 0 Å². The van der Waals surface area contributed by atoms with E-state index in [9.17, 15) is 30.6 Å². The van der Waals surface area contributed by atoms with Crippen LogP contribution in [0.1, 0.15) is 125 Å². The normalized spacial score (nSPS) is 21.0. The molecule has 0 aliphatic carbocycles. The molecule has 2 saturated heterocycles. The highest BCUT2D eigenvalue weighted by Crippen LogP contribution is 2.54. The van der Waals surface area contributed by atoms with E-state index >= 15 is 0 Å². The van der Waals surface area contributed by atoms with Gasteiger partial charge in [0.15, 0.2) is 34.4 Å². The summed E-state index contributed by atoms with van der Waals surface area (Å²) in [5.41, 5.74) is 1.49. The van der Waals surface area contributed by atoms with E-state index in [0.717, 1.165) is 12.8 Å². The van der Waals surface area contributed by atoms with E-state index in [2.05, 4.69) is 0 Å². The van der Waals surface area contributed by atoms with Crippen molar-refractivity contribution in [3.63, 3.8) is 0 Å². The lowest BCUT2D eigenvalue weighted by molar-refractivity contribution is 0.00917. The quantitative estimate of drug-likeness (QED) is 0.0738. The first kappa shape index (κ1) is 37.2. The third-order valence-electron chi connectivity index (χ3n) is 11.1. The van der Waals surface area contributed by atoms with Crippen molar-refractivity contribution in [1.82, 2.24) is 0 Å². The Balaban J connectivity index is 1.71. The summed E-state index contributed by atoms with van der Waals surface area (Å²) in [5, 5.41) is 72.1. The fraction of sp³-hybridized carbons (Fsp3) is 0.476. The Hall–Kier alpha value is -4.54. The van der Waals surface area contributed by atoms with Gasteiger partial charge in [-0.05, 0) is 86.1 Å². The molecule has 2 heterocycles. The van der Waals surface area contributed by atoms with Gasteiger partial charge in [0.1, 0.15) is 11.5 Å². The summed E-state index contributed by atoms with van der Waals surface area (Å²) in [4.78, 5) is 9.56. The van der Waals surface area contributed by atoms with E-state index in [1.807, 2.05) is 67.5 Å². The first-order chi connectivity index (χ1) is 24.6. The number of fused-ring (bicyclic) bond motifs is 2. The van der Waals surface area contributed by atoms with Crippen LogP contribution in [0, 0.1) is 13.8 Å². The molecule has 4 aromatic rings. The smallest absolute Gasteiger partial charge is 0.167 e. The zero-order chi connectivity index (χ0) is 37.9. The minimum Gasteiger partial charge on any atom is -0.507 e. The van der Waals surface area contributed by atoms with Crippen LogP contribution in [0.15, 0.2) is 22.1 Å². The van der Waals surface area contributed by atoms with E-state index in [4.69, 9.17) is 19.5 Å². The molecule has 278 valence electrons. The summed E-state index contributed by atoms with van der Waals surface area (Å²) in [6.07, 6.45) is 7.25. The summed E-state index contributed by atoms with van der Waals surface area (Å²) in [5.74, 6) is -2.25. The fourth-order valence-electron chi connectivity index (χ4n) is 8.30. The molecule has 4 aromatic carbocycles. The van der Waals surface area contributed by atoms with E-state index in [0.29, 0.717) is 83.1 Å². The highest BCUT2D eigenvalue weighted by molar-refractivity contribution is 6.15. The van der Waals surface area contributed by atoms with Crippen LogP contribution < -0.4 is 0 Å². The first-order valence-corrected chi connectivity index (χ1v) is 18.5. The maximum Gasteiger partial charge on any atom is 0.167 e. The van der Waals surface area contributed by atoms with E-state index in [-0.39, 0.29) is 56.7 Å². The summed E-state index contributed by atoms with van der Waals surface area (Å²) >= 11 is 0. The zero-order valence-electron chi connectivity index (χ0n) is 31.5. The number of hydrogen-bond acceptors (Lipinski definition) is 10. The lowest BCUT2D eigenvalue weighted by Gasteiger charge is -2.25. The van der Waals surface area contributed by atoms with Crippen LogP contribution >= 0.6 is 0 Å². The number of aryl methyl sites for hydroxylation is 2. The molecule has 0 saturated carbocycles. The third-order valence-corrected chi connectivity index (χ3v) is 11.1. The molecule has 6 rings (SSSR count). The van der Waals surface area contributed by atoms with Crippen molar-refractivity contribution in [3.05, 3.63) is 45.5 Å². The van der Waals surface area contributed by atoms with Gasteiger partial charge in [-0.15, -0.1) is 0 Å². The molecule has 0 radical (unpaired) electrons. The van der Waals surface area contributed by atoms with E-state index in [1.54, 1.807) is 0 Å². The Morgan fingerprint density at radius 3 is 1.27 bits per heavy atom. The molecule has 0 bridgehead atoms. The van der Waals surface area contributed by atoms with Gasteiger partial charge in [-0.3, -0.25) is 9.98 Å². The molecule has 52 heavy (non-hydrogen) atoms. The maximum absolute atomic E-state index is 12.4. The topological polar surface area (TPSA) is 165 Å². The van der Waals surface area contributed by atoms with Crippen molar-refractivity contribution in [2.75, 3.05) is 13.2 Å². The molecule has 0 aromatic heterocycles. The number of aliphatic imine (C=N–C) groups is 2. The van der Waals surface area contributed by atoms with Gasteiger partial charge in [0.05, 0.1) is 0 Å². The molecule has 10 nitrogen and oxygen atoms in total. The van der Waals surface area contributed by atoms with Gasteiger partial charge in [-0.1, -0.05) is 53.7 Å². The largest absolute Gasteiger partial charge is 0.507 e. The lowest BCUT2D eigenvalue weighted by atomic mass is 9.83. The van der Waals surface area contributed by atoms with Crippen LogP contribution in [0.3, 0.4) is 0 Å². The number of phenolic OH excluding ortho intramolecular Hbond substituents is 6. The second kappa shape index (κ2) is 13.8. The molecule has 10 heteroatoms. The predicted molar refractivity (Wildman–Crippen MR) is 206 cm³/mol. The summed E-state index contributed by atoms with van der Waals surface area (Å²) in [6, 6.07) is 3.69. The molecular formula is C42H52N2O8. The average Bonchev–Trinajstić information content (AvgIpc) is 3.78. The van der Waals surface area contributed by atoms with Crippen molar-refractivity contribution in [2.45, 2.75) is 117 Å². The standard InChI is InChI=1S/C42H52N2O8/c1-9-41(13-11-15-51-41)43-19-27-33-25(29(21(3)4)39(49)35(27)45)17-23(7)31(37(33)47)32-24(8)18-26-30(22(5)6)40(50)36(46)28(34(26)38(32)48)20-44-42(10-2)14-12-16-52-42/h17-22,45-50H,9-16H2,1-8H3/b43-19+,44-20+/t41-,42-/m0/s1. The molecule has 6 N–H and O–H groups in total. The Labute approximate surface area is 305 Å². The molecule has 2 atom stereocenters. The first-order valence-electron chi connectivity index (χ1n) is 18.5. The minimum atomic E-state index is -0.777. The number of rotatable bonds is 9. The Bertz CT molecular complexity index is 1970. The molecule has 0 unspecified atom stereocenters. The predicted octanol–water partition coefficient (Wildman–Crippen LogP) is 9.43. The van der Waals surface area contributed by atoms with Gasteiger partial charge >= 0.3 is 0 Å². The molecule has 2 fully saturated rings. The third kappa shape index (κ3) is 5.90. The summed E-state index contributed by atoms with van der Waals surface area (Å²) in [7, 11) is 0. The van der Waals surface area contributed by atoms with E-state index in [1.165, 1.54) is 12.4 Å². The van der Waals surface area contributed by atoms with Gasteiger partial charge in [-0.25, -0.2) is 0 Å². The van der Waals surface area contributed by atoms with Crippen molar-refractivity contribution in [3.8, 4) is 45.6 Å². The van der Waals surface area contributed by atoms with Gasteiger partial charge in [-0.2, -0.15) is 0 Å². The van der Waals surface area contributed by atoms with Crippen LogP contribution in [-0.2, 0) is 9.47 Å². The molecule has 2 aliphatic heterocycles. The van der Waals surface area contributed by atoms with Crippen LogP contribution in [-0.4, -0.2) is 67.7 Å². The Morgan fingerprint density at radius 2 is 0.981 bits per heavy atom. The minimum absolute atomic E-state index is 0.135. The number of ether oxygens (including phenoxy) is 2. The number of phenols is 6. The van der Waals surface area contributed by atoms with Crippen LogP contribution in [0.4, 0.5) is 0 Å². The molecule has 0 amide bonds. The number of benzene rings is 4. The highest BCUT2D eigenvalue weighted by atomic mass is 16.5. The van der Waals surface area contributed by atoms with E-state index < -0.39 is 22.9 Å². The highest BCUT2D eigenvalue weighted by Gasteiger charge is 2.35. The van der Waals surface area contributed by atoms with Crippen LogP contribution in [0.25, 0.3) is 32.7 Å². The van der Waals surface area contributed by atoms with Crippen molar-refractivity contribution >= 4 is 34.0 Å². The van der Waals surface area contributed by atoms with Crippen molar-refractivity contribution in [1.29, 1.82) is 0 Å². The summed E-state index contributed by atoms with van der Waals surface area (Å²) in [6.45, 7) is 16.3. The maximum atomic E-state index is 12.4. The van der Waals surface area contributed by atoms with Crippen molar-refractivity contribution < 1.29 is 40.1 Å². The van der Waals surface area contributed by atoms with Gasteiger partial charge < -0.3 is 40.1 Å². The second-order valence-corrected chi connectivity index (χ2v) is 15.1. The number of hydrogen-bond donors (Lipinski definition) is 6. The average molecular weight is 713 g/mol. The van der Waals surface area contributed by atoms with Crippen LogP contribution in [0.5, 0.6) is 34.5 Å². The SMILES string of the molecule is CC[C@@]1(/N=C/c2c(O)c(O)c(C(C)C)c3cc(C)c(-c4c(C)cc5c(C(C)C)c(O)c(O)c(/C=N/[C@]6(CC)CCCO6)c5c4O)c(O)c23)CCCO1. The molecule has 0 spiro atoms.